The molecule has 0 N–H and O–H groups in total. The zero-order valence-electron chi connectivity index (χ0n) is 16.5. The minimum atomic E-state index is -0.387. The van der Waals surface area contributed by atoms with E-state index in [-0.39, 0.29) is 24.1 Å². The molecule has 0 atom stereocenters. The zero-order chi connectivity index (χ0) is 19.9. The van der Waals surface area contributed by atoms with Crippen molar-refractivity contribution in [2.75, 3.05) is 0 Å². The summed E-state index contributed by atoms with van der Waals surface area (Å²) in [6.07, 6.45) is 0. The number of hydrogen-bond acceptors (Lipinski definition) is 4. The summed E-state index contributed by atoms with van der Waals surface area (Å²) in [4.78, 5) is 4.51. The number of hydrogen-bond donors (Lipinski definition) is 0. The van der Waals surface area contributed by atoms with Gasteiger partial charge in [0.1, 0.15) is 18.2 Å². The Balaban J connectivity index is 1.42. The first kappa shape index (κ1) is 18.9. The van der Waals surface area contributed by atoms with E-state index in [1.807, 2.05) is 64.1 Å². The quantitative estimate of drug-likeness (QED) is 0.636. The molecule has 4 rings (SSSR count). The van der Waals surface area contributed by atoms with Crippen LogP contribution in [-0.4, -0.2) is 23.3 Å². The lowest BCUT2D eigenvalue weighted by Gasteiger charge is -2.32. The van der Waals surface area contributed by atoms with Crippen LogP contribution in [-0.2, 0) is 15.9 Å². The Morgan fingerprint density at radius 1 is 0.929 bits per heavy atom. The Hall–Kier alpha value is -2.44. The van der Waals surface area contributed by atoms with Crippen molar-refractivity contribution in [3.63, 3.8) is 0 Å². The molecule has 6 heteroatoms. The second-order valence-electron chi connectivity index (χ2n) is 8.09. The van der Waals surface area contributed by atoms with Gasteiger partial charge in [0, 0.05) is 5.39 Å². The van der Waals surface area contributed by atoms with Crippen LogP contribution in [0.4, 0.5) is 4.39 Å². The van der Waals surface area contributed by atoms with Crippen molar-refractivity contribution >= 4 is 23.5 Å². The van der Waals surface area contributed by atoms with Gasteiger partial charge in [0.25, 0.3) is 0 Å². The molecule has 0 saturated carbocycles. The molecule has 1 fully saturated rings. The fraction of sp³-hybridized carbons (Fsp3) is 0.318. The van der Waals surface area contributed by atoms with E-state index >= 15 is 0 Å². The summed E-state index contributed by atoms with van der Waals surface area (Å²) in [6.45, 7) is 8.48. The molecule has 0 radical (unpaired) electrons. The molecule has 1 aromatic heterocycles. The number of rotatable bonds is 4. The lowest BCUT2D eigenvalue weighted by Crippen LogP contribution is -2.41. The van der Waals surface area contributed by atoms with Crippen LogP contribution in [0.5, 0.6) is 5.75 Å². The van der Waals surface area contributed by atoms with Gasteiger partial charge in [-0.3, -0.25) is 0 Å². The summed E-state index contributed by atoms with van der Waals surface area (Å²) in [5.41, 5.74) is 1.76. The Bertz CT molecular complexity index is 988. The summed E-state index contributed by atoms with van der Waals surface area (Å²) in [6, 6.07) is 16.0. The molecule has 0 unspecified atom stereocenters. The minimum Gasteiger partial charge on any atom is -0.487 e. The van der Waals surface area contributed by atoms with Gasteiger partial charge in [0.2, 0.25) is 0 Å². The number of nitrogens with zero attached hydrogens (tertiary/aromatic N) is 1. The molecule has 0 spiro atoms. The van der Waals surface area contributed by atoms with E-state index in [0.717, 1.165) is 27.8 Å². The molecule has 4 nitrogen and oxygen atoms in total. The molecule has 28 heavy (non-hydrogen) atoms. The van der Waals surface area contributed by atoms with Gasteiger partial charge in [-0.05, 0) is 69.6 Å². The molecule has 0 bridgehead atoms. The van der Waals surface area contributed by atoms with Crippen LogP contribution in [0.1, 0.15) is 33.4 Å². The minimum absolute atomic E-state index is 0.264. The molecule has 2 heterocycles. The summed E-state index contributed by atoms with van der Waals surface area (Å²) < 4.78 is 31.2. The average Bonchev–Trinajstić information content (AvgIpc) is 2.88. The number of fused-ring (bicyclic) bond motifs is 1. The Labute approximate surface area is 164 Å². The van der Waals surface area contributed by atoms with Gasteiger partial charge in [-0.2, -0.15) is 0 Å². The highest BCUT2D eigenvalue weighted by Gasteiger charge is 2.51. The van der Waals surface area contributed by atoms with E-state index in [1.54, 1.807) is 6.07 Å². The van der Waals surface area contributed by atoms with Crippen molar-refractivity contribution < 1.29 is 18.4 Å². The van der Waals surface area contributed by atoms with Crippen LogP contribution in [0.2, 0.25) is 0 Å². The molecular formula is C22H23BFNO3. The fourth-order valence-electron chi connectivity index (χ4n) is 3.08. The molecule has 0 amide bonds. The van der Waals surface area contributed by atoms with Crippen molar-refractivity contribution in [3.05, 3.63) is 66.1 Å². The van der Waals surface area contributed by atoms with Gasteiger partial charge >= 0.3 is 7.12 Å². The summed E-state index contributed by atoms with van der Waals surface area (Å²) in [5.74, 6) is 0.474. The predicted molar refractivity (Wildman–Crippen MR) is 108 cm³/mol. The first-order valence-electron chi connectivity index (χ1n) is 9.37. The van der Waals surface area contributed by atoms with E-state index in [1.165, 1.54) is 12.1 Å². The number of aromatic nitrogens is 1. The number of benzene rings is 2. The van der Waals surface area contributed by atoms with Crippen molar-refractivity contribution in [2.24, 2.45) is 0 Å². The van der Waals surface area contributed by atoms with Gasteiger partial charge in [0.05, 0.1) is 22.4 Å². The van der Waals surface area contributed by atoms with E-state index in [0.29, 0.717) is 6.61 Å². The Morgan fingerprint density at radius 2 is 1.61 bits per heavy atom. The van der Waals surface area contributed by atoms with Crippen LogP contribution in [0.25, 0.3) is 10.9 Å². The smallest absolute Gasteiger partial charge is 0.487 e. The molecule has 1 saturated heterocycles. The van der Waals surface area contributed by atoms with E-state index < -0.39 is 0 Å². The van der Waals surface area contributed by atoms with E-state index in [2.05, 4.69) is 4.98 Å². The monoisotopic (exact) mass is 379 g/mol. The Kier molecular flexibility index (Phi) is 4.64. The number of ether oxygens (including phenoxy) is 1. The van der Waals surface area contributed by atoms with Crippen LogP contribution < -0.4 is 10.2 Å². The summed E-state index contributed by atoms with van der Waals surface area (Å²) >= 11 is 0. The first-order valence-corrected chi connectivity index (χ1v) is 9.37. The first-order chi connectivity index (χ1) is 13.2. The van der Waals surface area contributed by atoms with Gasteiger partial charge < -0.3 is 14.0 Å². The van der Waals surface area contributed by atoms with Crippen LogP contribution in [0, 0.1) is 5.82 Å². The topological polar surface area (TPSA) is 40.6 Å². The maximum atomic E-state index is 13.3. The molecule has 1 aliphatic rings. The van der Waals surface area contributed by atoms with Crippen molar-refractivity contribution in [3.8, 4) is 5.75 Å². The third-order valence-corrected chi connectivity index (χ3v) is 5.50. The highest BCUT2D eigenvalue weighted by atomic mass is 19.1. The Morgan fingerprint density at radius 3 is 2.29 bits per heavy atom. The van der Waals surface area contributed by atoms with Crippen molar-refractivity contribution in [2.45, 2.75) is 45.5 Å². The van der Waals surface area contributed by atoms with E-state index in [4.69, 9.17) is 14.0 Å². The van der Waals surface area contributed by atoms with Crippen LogP contribution in [0.15, 0.2) is 54.6 Å². The normalized spacial score (nSPS) is 17.8. The molecule has 1 aliphatic heterocycles. The molecule has 3 aromatic rings. The lowest BCUT2D eigenvalue weighted by molar-refractivity contribution is 0.00578. The largest absolute Gasteiger partial charge is 0.494 e. The van der Waals surface area contributed by atoms with Crippen LogP contribution in [0.3, 0.4) is 0 Å². The molecule has 144 valence electrons. The average molecular weight is 379 g/mol. The van der Waals surface area contributed by atoms with Crippen molar-refractivity contribution in [1.29, 1.82) is 0 Å². The summed E-state index contributed by atoms with van der Waals surface area (Å²) in [7, 11) is -0.387. The maximum absolute atomic E-state index is 13.3. The van der Waals surface area contributed by atoms with E-state index in [9.17, 15) is 4.39 Å². The second kappa shape index (κ2) is 6.87. The standard InChI is InChI=1S/C22H23BFNO3/c1-21(2)22(3,4)28-23(27-21)16-6-10-19(11-7-16)26-14-18-9-5-15-13-17(24)8-12-20(15)25-18/h5-13H,14H2,1-4H3. The van der Waals surface area contributed by atoms with Gasteiger partial charge in [0.15, 0.2) is 0 Å². The second-order valence-corrected chi connectivity index (χ2v) is 8.09. The summed E-state index contributed by atoms with van der Waals surface area (Å²) in [5, 5.41) is 0.774. The van der Waals surface area contributed by atoms with Crippen LogP contribution >= 0.6 is 0 Å². The fourth-order valence-corrected chi connectivity index (χ4v) is 3.08. The van der Waals surface area contributed by atoms with Crippen molar-refractivity contribution in [1.82, 2.24) is 4.98 Å². The SMILES string of the molecule is CC1(C)OB(c2ccc(OCc3ccc4cc(F)ccc4n3)cc2)OC1(C)C. The third kappa shape index (κ3) is 3.62. The zero-order valence-corrected chi connectivity index (χ0v) is 16.5. The third-order valence-electron chi connectivity index (χ3n) is 5.50. The number of halogens is 1. The maximum Gasteiger partial charge on any atom is 0.494 e. The molecule has 2 aromatic carbocycles. The van der Waals surface area contributed by atoms with Gasteiger partial charge in [-0.1, -0.05) is 18.2 Å². The van der Waals surface area contributed by atoms with Gasteiger partial charge in [-0.15, -0.1) is 0 Å². The molecular weight excluding hydrogens is 356 g/mol. The number of pyridine rings is 1. The van der Waals surface area contributed by atoms with Gasteiger partial charge in [-0.25, -0.2) is 9.37 Å². The lowest BCUT2D eigenvalue weighted by atomic mass is 9.79. The predicted octanol–water partition coefficient (Wildman–Crippen LogP) is 4.25. The molecule has 0 aliphatic carbocycles. The highest BCUT2D eigenvalue weighted by molar-refractivity contribution is 6.62. The highest BCUT2D eigenvalue weighted by Crippen LogP contribution is 2.36.